The fourth-order valence-electron chi connectivity index (χ4n) is 4.12. The molecule has 0 heterocycles. The Labute approximate surface area is 149 Å². The number of phenols is 1. The van der Waals surface area contributed by atoms with E-state index >= 15 is 0 Å². The van der Waals surface area contributed by atoms with Gasteiger partial charge in [-0.25, -0.2) is 0 Å². The Bertz CT molecular complexity index is 973. The van der Waals surface area contributed by atoms with Gasteiger partial charge in [0.2, 0.25) is 5.78 Å². The lowest BCUT2D eigenvalue weighted by Crippen LogP contribution is -2.36. The van der Waals surface area contributed by atoms with Crippen molar-refractivity contribution in [3.05, 3.63) is 57.6 Å². The maximum Gasteiger partial charge on any atom is 0.201 e. The van der Waals surface area contributed by atoms with Gasteiger partial charge >= 0.3 is 0 Å². The van der Waals surface area contributed by atoms with Crippen LogP contribution < -0.4 is 4.74 Å². The highest BCUT2D eigenvalue weighted by atomic mass is 16.5. The van der Waals surface area contributed by atoms with Gasteiger partial charge in [-0.1, -0.05) is 12.1 Å². The van der Waals surface area contributed by atoms with Crippen molar-refractivity contribution in [2.45, 2.75) is 31.5 Å². The van der Waals surface area contributed by atoms with Gasteiger partial charge in [-0.2, -0.15) is 0 Å². The van der Waals surface area contributed by atoms with Crippen molar-refractivity contribution in [3.8, 4) is 11.5 Å². The molecule has 0 aromatic heterocycles. The molecule has 4 rings (SSSR count). The van der Waals surface area contributed by atoms with Gasteiger partial charge in [0.1, 0.15) is 11.5 Å². The number of rotatable bonds is 1. The van der Waals surface area contributed by atoms with E-state index in [0.29, 0.717) is 11.1 Å². The molecule has 2 aliphatic rings. The average Bonchev–Trinajstić information content (AvgIpc) is 2.56. The summed E-state index contributed by atoms with van der Waals surface area (Å²) in [5.41, 5.74) is -0.177. The summed E-state index contributed by atoms with van der Waals surface area (Å²) < 4.78 is 5.21. The van der Waals surface area contributed by atoms with E-state index in [2.05, 4.69) is 0 Å². The minimum absolute atomic E-state index is 0.0220. The number of carbonyl (C=O) groups excluding carboxylic acids is 2. The molecule has 2 aromatic carbocycles. The highest BCUT2D eigenvalue weighted by molar-refractivity contribution is 6.30. The van der Waals surface area contributed by atoms with E-state index in [-0.39, 0.29) is 46.6 Å². The monoisotopic (exact) mass is 354 g/mol. The molecule has 0 saturated carbocycles. The molecule has 0 fully saturated rings. The van der Waals surface area contributed by atoms with Crippen molar-refractivity contribution in [3.63, 3.8) is 0 Å². The number of ether oxygens (including phenoxy) is 1. The summed E-state index contributed by atoms with van der Waals surface area (Å²) in [7, 11) is 1.40. The summed E-state index contributed by atoms with van der Waals surface area (Å²) >= 11 is 0. The molecular weight excluding hydrogens is 336 g/mol. The highest BCUT2D eigenvalue weighted by Gasteiger charge is 2.42. The molecule has 0 saturated heterocycles. The number of hydrogen-bond acceptors (Lipinski definition) is 6. The first kappa shape index (κ1) is 16.8. The number of aliphatic hydroxyl groups excluding tert-OH is 1. The number of aliphatic hydroxyl groups is 2. The zero-order valence-electron chi connectivity index (χ0n) is 14.4. The van der Waals surface area contributed by atoms with E-state index < -0.39 is 23.3 Å². The Hall–Kier alpha value is -2.70. The largest absolute Gasteiger partial charge is 0.507 e. The van der Waals surface area contributed by atoms with Crippen LogP contribution in [0.25, 0.3) is 0 Å². The van der Waals surface area contributed by atoms with Crippen LogP contribution in [0.4, 0.5) is 0 Å². The smallest absolute Gasteiger partial charge is 0.201 e. The van der Waals surface area contributed by atoms with Crippen LogP contribution in [-0.2, 0) is 6.42 Å². The predicted octanol–water partition coefficient (Wildman–Crippen LogP) is 1.91. The second-order valence-corrected chi connectivity index (χ2v) is 7.15. The molecule has 26 heavy (non-hydrogen) atoms. The molecule has 134 valence electrons. The van der Waals surface area contributed by atoms with Gasteiger partial charge in [0.15, 0.2) is 5.78 Å². The van der Waals surface area contributed by atoms with E-state index in [4.69, 9.17) is 4.74 Å². The third-order valence-corrected chi connectivity index (χ3v) is 5.14. The molecule has 6 heteroatoms. The molecule has 3 N–H and O–H groups in total. The number of carbonyl (C=O) groups is 2. The van der Waals surface area contributed by atoms with Gasteiger partial charge < -0.3 is 20.1 Å². The van der Waals surface area contributed by atoms with Gasteiger partial charge in [0, 0.05) is 24.0 Å². The lowest BCUT2D eigenvalue weighted by Gasteiger charge is -2.36. The first-order valence-corrected chi connectivity index (χ1v) is 8.30. The quantitative estimate of drug-likeness (QED) is 0.617. The third-order valence-electron chi connectivity index (χ3n) is 5.14. The number of phenolic OH excluding ortho intramolecular Hbond substituents is 1. The van der Waals surface area contributed by atoms with E-state index in [1.165, 1.54) is 19.2 Å². The zero-order chi connectivity index (χ0) is 18.8. The Kier molecular flexibility index (Phi) is 3.48. The van der Waals surface area contributed by atoms with Crippen molar-refractivity contribution in [1.29, 1.82) is 0 Å². The molecule has 2 aliphatic carbocycles. The maximum absolute atomic E-state index is 13.2. The van der Waals surface area contributed by atoms with Gasteiger partial charge in [-0.15, -0.1) is 0 Å². The second kappa shape index (κ2) is 5.40. The summed E-state index contributed by atoms with van der Waals surface area (Å²) in [6.45, 7) is 1.59. The number of ketones is 2. The fourth-order valence-corrected chi connectivity index (χ4v) is 4.12. The van der Waals surface area contributed by atoms with Crippen LogP contribution in [0.3, 0.4) is 0 Å². The molecule has 2 unspecified atom stereocenters. The maximum atomic E-state index is 13.2. The van der Waals surface area contributed by atoms with Crippen LogP contribution in [0.2, 0.25) is 0 Å². The van der Waals surface area contributed by atoms with Crippen molar-refractivity contribution < 1.29 is 29.6 Å². The van der Waals surface area contributed by atoms with Crippen LogP contribution in [0, 0.1) is 0 Å². The van der Waals surface area contributed by atoms with Crippen LogP contribution in [0.1, 0.15) is 62.4 Å². The second-order valence-electron chi connectivity index (χ2n) is 7.15. The standard InChI is InChI=1S/C20H18O6/c1-20(25)7-9-6-11(21)16-17(14(9)12(22)8-20)18(23)10-4-3-5-13(26-2)15(10)19(16)24/h3-6,12,21-22,25H,7-8H2,1-2H3. The average molecular weight is 354 g/mol. The number of hydrogen-bond donors (Lipinski definition) is 3. The Morgan fingerprint density at radius 2 is 1.88 bits per heavy atom. The third kappa shape index (κ3) is 2.19. The van der Waals surface area contributed by atoms with Crippen molar-refractivity contribution in [2.75, 3.05) is 7.11 Å². The number of benzene rings is 2. The van der Waals surface area contributed by atoms with Crippen molar-refractivity contribution in [2.24, 2.45) is 0 Å². The van der Waals surface area contributed by atoms with E-state index in [1.54, 1.807) is 19.1 Å². The lowest BCUT2D eigenvalue weighted by atomic mass is 9.72. The molecule has 0 bridgehead atoms. The molecular formula is C20H18O6. The first-order chi connectivity index (χ1) is 12.2. The SMILES string of the molecule is COc1cccc2c1C(=O)c1c(O)cc3c(c1C2=O)C(O)CC(C)(O)C3. The van der Waals surface area contributed by atoms with E-state index in [1.807, 2.05) is 0 Å². The summed E-state index contributed by atoms with van der Waals surface area (Å²) in [4.78, 5) is 26.2. The molecule has 2 aromatic rings. The van der Waals surface area contributed by atoms with Gasteiger partial charge in [-0.05, 0) is 30.2 Å². The van der Waals surface area contributed by atoms with Crippen LogP contribution in [0.5, 0.6) is 11.5 Å². The molecule has 6 nitrogen and oxygen atoms in total. The number of aromatic hydroxyl groups is 1. The normalized spacial score (nSPS) is 23.9. The molecule has 0 radical (unpaired) electrons. The summed E-state index contributed by atoms with van der Waals surface area (Å²) in [5, 5.41) is 31.4. The van der Waals surface area contributed by atoms with E-state index in [9.17, 15) is 24.9 Å². The Balaban J connectivity index is 2.04. The minimum Gasteiger partial charge on any atom is -0.507 e. The van der Waals surface area contributed by atoms with Gasteiger partial charge in [-0.3, -0.25) is 9.59 Å². The van der Waals surface area contributed by atoms with E-state index in [0.717, 1.165) is 0 Å². The van der Waals surface area contributed by atoms with Gasteiger partial charge in [0.05, 0.1) is 29.9 Å². The number of methoxy groups -OCH3 is 1. The summed E-state index contributed by atoms with van der Waals surface area (Å²) in [6, 6.07) is 6.08. The van der Waals surface area contributed by atoms with Crippen LogP contribution in [-0.4, -0.2) is 39.6 Å². The Morgan fingerprint density at radius 1 is 1.15 bits per heavy atom. The molecule has 0 amide bonds. The highest BCUT2D eigenvalue weighted by Crippen LogP contribution is 2.45. The minimum atomic E-state index is -1.16. The fraction of sp³-hybridized carbons (Fsp3) is 0.300. The van der Waals surface area contributed by atoms with Crippen molar-refractivity contribution in [1.82, 2.24) is 0 Å². The van der Waals surface area contributed by atoms with Gasteiger partial charge in [0.25, 0.3) is 0 Å². The van der Waals surface area contributed by atoms with Crippen molar-refractivity contribution >= 4 is 11.6 Å². The molecule has 0 spiro atoms. The predicted molar refractivity (Wildman–Crippen MR) is 91.9 cm³/mol. The number of fused-ring (bicyclic) bond motifs is 4. The molecule has 0 aliphatic heterocycles. The Morgan fingerprint density at radius 3 is 2.58 bits per heavy atom. The summed E-state index contributed by atoms with van der Waals surface area (Å²) in [5.74, 6) is -1.04. The first-order valence-electron chi connectivity index (χ1n) is 8.30. The summed E-state index contributed by atoms with van der Waals surface area (Å²) in [6.07, 6.45) is -0.886. The van der Waals surface area contributed by atoms with Crippen LogP contribution >= 0.6 is 0 Å². The molecule has 2 atom stereocenters. The lowest BCUT2D eigenvalue weighted by molar-refractivity contribution is -0.00782. The zero-order valence-corrected chi connectivity index (χ0v) is 14.4. The van der Waals surface area contributed by atoms with Crippen LogP contribution in [0.15, 0.2) is 24.3 Å². The topological polar surface area (TPSA) is 104 Å².